The first-order valence-electron chi connectivity index (χ1n) is 9.03. The van der Waals surface area contributed by atoms with Gasteiger partial charge < -0.3 is 15.2 Å². The molecule has 0 bridgehead atoms. The van der Waals surface area contributed by atoms with E-state index in [2.05, 4.69) is 20.3 Å². The van der Waals surface area contributed by atoms with Gasteiger partial charge in [0.1, 0.15) is 0 Å². The number of nitrogens with zero attached hydrogens (tertiary/aromatic N) is 1. The summed E-state index contributed by atoms with van der Waals surface area (Å²) >= 11 is -1.30. The molecule has 28 heavy (non-hydrogen) atoms. The number of hydrogen-bond acceptors (Lipinski definition) is 4. The molecule has 0 radical (unpaired) electrons. The largest absolute Gasteiger partial charge is 0.593 e. The molecule has 0 fully saturated rings. The van der Waals surface area contributed by atoms with Crippen molar-refractivity contribution in [3.63, 3.8) is 0 Å². The number of anilines is 1. The highest BCUT2D eigenvalue weighted by Gasteiger charge is 2.16. The monoisotopic (exact) mass is 393 g/mol. The third-order valence-corrected chi connectivity index (χ3v) is 5.21. The van der Waals surface area contributed by atoms with Gasteiger partial charge in [0.2, 0.25) is 0 Å². The van der Waals surface area contributed by atoms with Gasteiger partial charge >= 0.3 is 0 Å². The Hall–Kier alpha value is -2.87. The van der Waals surface area contributed by atoms with E-state index in [1.54, 1.807) is 12.4 Å². The van der Waals surface area contributed by atoms with Crippen LogP contribution in [0.25, 0.3) is 11.1 Å². The minimum Gasteiger partial charge on any atom is -0.593 e. The third-order valence-electron chi connectivity index (χ3n) is 3.99. The molecule has 1 atom stereocenters. The van der Waals surface area contributed by atoms with Crippen LogP contribution in [0.1, 0.15) is 6.42 Å². The minimum atomic E-state index is -1.30. The number of aromatic nitrogens is 1. The molecule has 3 rings (SSSR count). The summed E-state index contributed by atoms with van der Waals surface area (Å²) in [6, 6.07) is 21.3. The predicted molar refractivity (Wildman–Crippen MR) is 114 cm³/mol. The summed E-state index contributed by atoms with van der Waals surface area (Å²) in [4.78, 5) is 4.76. The van der Waals surface area contributed by atoms with Gasteiger partial charge in [0, 0.05) is 24.8 Å². The second-order valence-electron chi connectivity index (χ2n) is 6.05. The molecule has 7 heteroatoms. The summed E-state index contributed by atoms with van der Waals surface area (Å²) in [5.74, 6) is 0.212. The lowest BCUT2D eigenvalue weighted by molar-refractivity contribution is 0.578. The first-order chi connectivity index (χ1) is 13.7. The fourth-order valence-electron chi connectivity index (χ4n) is 2.65. The van der Waals surface area contributed by atoms with E-state index in [0.29, 0.717) is 13.1 Å². The van der Waals surface area contributed by atoms with Gasteiger partial charge in [-0.25, -0.2) is 0 Å². The molecule has 2 aromatic carbocycles. The molecule has 0 amide bonds. The molecule has 0 aliphatic carbocycles. The molecule has 3 aromatic rings. The molecule has 1 aromatic heterocycles. The second-order valence-corrected chi connectivity index (χ2v) is 7.31. The Bertz CT molecular complexity index is 876. The van der Waals surface area contributed by atoms with Crippen LogP contribution in [0.5, 0.6) is 0 Å². The van der Waals surface area contributed by atoms with E-state index in [1.807, 2.05) is 66.7 Å². The van der Waals surface area contributed by atoms with Crippen molar-refractivity contribution in [1.29, 1.82) is 5.41 Å². The molecule has 0 saturated carbocycles. The van der Waals surface area contributed by atoms with Crippen molar-refractivity contribution >= 4 is 23.0 Å². The van der Waals surface area contributed by atoms with Gasteiger partial charge in [0.05, 0.1) is 23.2 Å². The maximum absolute atomic E-state index is 12.7. The Morgan fingerprint density at radius 2 is 1.75 bits per heavy atom. The summed E-state index contributed by atoms with van der Waals surface area (Å²) in [5, 5.41) is 13.8. The molecule has 6 nitrogen and oxygen atoms in total. The van der Waals surface area contributed by atoms with Gasteiger partial charge in [-0.1, -0.05) is 42.5 Å². The normalized spacial score (nSPS) is 11.6. The van der Waals surface area contributed by atoms with Crippen LogP contribution >= 0.6 is 0 Å². The lowest BCUT2D eigenvalue weighted by Gasteiger charge is -2.15. The highest BCUT2D eigenvalue weighted by Crippen LogP contribution is 2.26. The number of benzene rings is 2. The van der Waals surface area contributed by atoms with Gasteiger partial charge in [-0.2, -0.15) is 0 Å². The van der Waals surface area contributed by atoms with Gasteiger partial charge in [-0.05, 0) is 36.2 Å². The van der Waals surface area contributed by atoms with E-state index in [0.717, 1.165) is 28.1 Å². The molecular formula is C21H23N5OS. The molecule has 144 valence electrons. The Kier molecular flexibility index (Phi) is 7.43. The van der Waals surface area contributed by atoms with Crippen molar-refractivity contribution in [3.05, 3.63) is 79.1 Å². The van der Waals surface area contributed by atoms with Crippen molar-refractivity contribution in [3.8, 4) is 11.1 Å². The third kappa shape index (κ3) is 5.82. The van der Waals surface area contributed by atoms with Crippen LogP contribution in [0, 0.1) is 5.41 Å². The van der Waals surface area contributed by atoms with Crippen LogP contribution in [-0.2, 0) is 11.4 Å². The SMILES string of the molecule is N=C(NCCCN[S+]([O-])c1ccccc1-c1ccccc1)Nc1cccnc1. The molecule has 1 unspecified atom stereocenters. The van der Waals surface area contributed by atoms with Gasteiger partial charge in [0.15, 0.2) is 10.9 Å². The summed E-state index contributed by atoms with van der Waals surface area (Å²) in [6.45, 7) is 1.17. The molecule has 1 heterocycles. The lowest BCUT2D eigenvalue weighted by atomic mass is 10.1. The fourth-order valence-corrected chi connectivity index (χ4v) is 3.73. The van der Waals surface area contributed by atoms with E-state index >= 15 is 0 Å². The molecule has 0 aliphatic heterocycles. The minimum absolute atomic E-state index is 0.212. The zero-order chi connectivity index (χ0) is 19.6. The lowest BCUT2D eigenvalue weighted by Crippen LogP contribution is -2.33. The average molecular weight is 394 g/mol. The summed E-state index contributed by atoms with van der Waals surface area (Å²) in [6.07, 6.45) is 4.07. The zero-order valence-corrected chi connectivity index (χ0v) is 16.2. The molecule has 0 aliphatic rings. The van der Waals surface area contributed by atoms with Crippen molar-refractivity contribution in [2.75, 3.05) is 18.4 Å². The van der Waals surface area contributed by atoms with Crippen LogP contribution in [0.4, 0.5) is 5.69 Å². The van der Waals surface area contributed by atoms with E-state index in [9.17, 15) is 4.55 Å². The number of nitrogens with one attached hydrogen (secondary N) is 4. The summed E-state index contributed by atoms with van der Waals surface area (Å²) in [7, 11) is 0. The standard InChI is InChI=1S/C21H23N5OS/c22-21(26-18-10-6-13-23-16-18)24-14-7-15-25-28(27)20-12-5-4-11-19(20)17-8-2-1-3-9-17/h1-6,8-13,16,25H,7,14-15H2,(H3,22,24,26). The van der Waals surface area contributed by atoms with Gasteiger partial charge in [0.25, 0.3) is 0 Å². The van der Waals surface area contributed by atoms with E-state index in [-0.39, 0.29) is 5.96 Å². The van der Waals surface area contributed by atoms with Crippen molar-refractivity contribution in [2.45, 2.75) is 11.3 Å². The summed E-state index contributed by atoms with van der Waals surface area (Å²) in [5.41, 5.74) is 2.77. The van der Waals surface area contributed by atoms with Crippen LogP contribution in [-0.4, -0.2) is 28.6 Å². The van der Waals surface area contributed by atoms with Gasteiger partial charge in [-0.3, -0.25) is 10.4 Å². The second kappa shape index (κ2) is 10.5. The average Bonchev–Trinajstić information content (AvgIpc) is 2.74. The number of guanidine groups is 1. The maximum Gasteiger partial charge on any atom is 0.192 e. The molecule has 0 saturated heterocycles. The highest BCUT2D eigenvalue weighted by molar-refractivity contribution is 7.89. The first-order valence-corrected chi connectivity index (χ1v) is 10.2. The predicted octanol–water partition coefficient (Wildman–Crippen LogP) is 3.39. The van der Waals surface area contributed by atoms with Crippen LogP contribution in [0.2, 0.25) is 0 Å². The van der Waals surface area contributed by atoms with E-state index in [4.69, 9.17) is 5.41 Å². The Morgan fingerprint density at radius 3 is 2.54 bits per heavy atom. The Morgan fingerprint density at radius 1 is 0.964 bits per heavy atom. The van der Waals surface area contributed by atoms with Gasteiger partial charge in [-0.15, -0.1) is 4.72 Å². The number of hydrogen-bond donors (Lipinski definition) is 4. The maximum atomic E-state index is 12.7. The Labute approximate surface area is 168 Å². The topological polar surface area (TPSA) is 95.9 Å². The zero-order valence-electron chi connectivity index (χ0n) is 15.4. The van der Waals surface area contributed by atoms with Crippen molar-refractivity contribution in [2.24, 2.45) is 0 Å². The number of pyridine rings is 1. The smallest absolute Gasteiger partial charge is 0.192 e. The van der Waals surface area contributed by atoms with Crippen molar-refractivity contribution in [1.82, 2.24) is 15.0 Å². The molecule has 0 spiro atoms. The highest BCUT2D eigenvalue weighted by atomic mass is 32.2. The summed E-state index contributed by atoms with van der Waals surface area (Å²) < 4.78 is 15.8. The van der Waals surface area contributed by atoms with E-state index in [1.165, 1.54) is 0 Å². The molecule has 4 N–H and O–H groups in total. The molecular weight excluding hydrogens is 370 g/mol. The number of rotatable bonds is 8. The van der Waals surface area contributed by atoms with Crippen molar-refractivity contribution < 1.29 is 4.55 Å². The quantitative estimate of drug-likeness (QED) is 0.204. The fraction of sp³-hybridized carbons (Fsp3) is 0.143. The van der Waals surface area contributed by atoms with Crippen LogP contribution in [0.15, 0.2) is 84.0 Å². The van der Waals surface area contributed by atoms with Crippen LogP contribution < -0.4 is 15.4 Å². The first kappa shape index (κ1) is 19.9. The van der Waals surface area contributed by atoms with Crippen LogP contribution in [0.3, 0.4) is 0 Å². The van der Waals surface area contributed by atoms with E-state index < -0.39 is 11.4 Å². The Balaban J connectivity index is 1.44.